The van der Waals surface area contributed by atoms with Crippen LogP contribution in [0.25, 0.3) is 0 Å². The Balaban J connectivity index is 1.66. The summed E-state index contributed by atoms with van der Waals surface area (Å²) in [6.07, 6.45) is 8.64. The number of rotatable bonds is 3. The molecule has 4 saturated carbocycles. The van der Waals surface area contributed by atoms with Gasteiger partial charge in [0.25, 0.3) is 0 Å². The van der Waals surface area contributed by atoms with Crippen molar-refractivity contribution in [3.8, 4) is 0 Å². The van der Waals surface area contributed by atoms with Gasteiger partial charge in [0, 0.05) is 0 Å². The second kappa shape index (κ2) is 6.99. The maximum absolute atomic E-state index is 11.5. The van der Waals surface area contributed by atoms with E-state index in [0.29, 0.717) is 35.5 Å². The first-order valence-corrected chi connectivity index (χ1v) is 11.8. The average molecular weight is 379 g/mol. The molecule has 0 amide bonds. The van der Waals surface area contributed by atoms with Crippen molar-refractivity contribution in [2.24, 2.45) is 46.3 Å². The van der Waals surface area contributed by atoms with Gasteiger partial charge in [0.1, 0.15) is 0 Å². The van der Waals surface area contributed by atoms with E-state index in [1.807, 2.05) is 0 Å². The molecule has 0 heterocycles. The largest absolute Gasteiger partial charge is 0.393 e. The molecule has 27 heavy (non-hydrogen) atoms. The van der Waals surface area contributed by atoms with E-state index in [2.05, 4.69) is 27.7 Å². The number of fused-ring (bicyclic) bond motifs is 5. The summed E-state index contributed by atoms with van der Waals surface area (Å²) < 4.78 is 0. The first-order chi connectivity index (χ1) is 12.7. The van der Waals surface area contributed by atoms with Gasteiger partial charge in [-0.1, -0.05) is 40.5 Å². The van der Waals surface area contributed by atoms with Crippen molar-refractivity contribution in [3.63, 3.8) is 0 Å². The van der Waals surface area contributed by atoms with E-state index in [1.165, 1.54) is 25.7 Å². The molecule has 0 spiro atoms. The van der Waals surface area contributed by atoms with E-state index in [4.69, 9.17) is 0 Å². The van der Waals surface area contributed by atoms with Crippen LogP contribution >= 0.6 is 0 Å². The van der Waals surface area contributed by atoms with Crippen LogP contribution in [0.15, 0.2) is 0 Å². The molecule has 4 aliphatic carbocycles. The van der Waals surface area contributed by atoms with Gasteiger partial charge < -0.3 is 15.3 Å². The summed E-state index contributed by atoms with van der Waals surface area (Å²) in [4.78, 5) is 0. The predicted molar refractivity (Wildman–Crippen MR) is 108 cm³/mol. The van der Waals surface area contributed by atoms with E-state index in [1.54, 1.807) is 0 Å². The van der Waals surface area contributed by atoms with E-state index < -0.39 is 0 Å². The van der Waals surface area contributed by atoms with Crippen molar-refractivity contribution < 1.29 is 15.3 Å². The Hall–Kier alpha value is -0.120. The van der Waals surface area contributed by atoms with E-state index in [-0.39, 0.29) is 29.1 Å². The first kappa shape index (κ1) is 20.2. The third kappa shape index (κ3) is 2.86. The van der Waals surface area contributed by atoms with E-state index in [9.17, 15) is 15.3 Å². The smallest absolute Gasteiger partial charge is 0.0602 e. The minimum absolute atomic E-state index is 0.0336. The van der Waals surface area contributed by atoms with E-state index >= 15 is 0 Å². The molecule has 0 radical (unpaired) electrons. The summed E-state index contributed by atoms with van der Waals surface area (Å²) in [5.41, 5.74) is 0.146. The molecule has 0 aromatic carbocycles. The van der Waals surface area contributed by atoms with E-state index in [0.717, 1.165) is 32.1 Å². The van der Waals surface area contributed by atoms with Crippen LogP contribution in [0, 0.1) is 46.3 Å². The molecular weight excluding hydrogens is 336 g/mol. The normalized spacial score (nSPS) is 56.1. The van der Waals surface area contributed by atoms with Crippen LogP contribution in [0.5, 0.6) is 0 Å². The third-order valence-electron chi connectivity index (χ3n) is 10.3. The van der Waals surface area contributed by atoms with Crippen LogP contribution in [-0.4, -0.2) is 33.6 Å². The summed E-state index contributed by atoms with van der Waals surface area (Å²) in [6, 6.07) is 0. The van der Waals surface area contributed by atoms with Crippen LogP contribution in [-0.2, 0) is 0 Å². The summed E-state index contributed by atoms with van der Waals surface area (Å²) in [7, 11) is 0. The van der Waals surface area contributed by atoms with Gasteiger partial charge in [0.2, 0.25) is 0 Å². The predicted octanol–water partition coefficient (Wildman–Crippen LogP) is 4.38. The number of hydrogen-bond acceptors (Lipinski definition) is 3. The lowest BCUT2D eigenvalue weighted by atomic mass is 9.43. The summed E-state index contributed by atoms with van der Waals surface area (Å²) in [5, 5.41) is 32.9. The van der Waals surface area contributed by atoms with Gasteiger partial charge in [-0.25, -0.2) is 0 Å². The maximum Gasteiger partial charge on any atom is 0.0602 e. The highest BCUT2D eigenvalue weighted by Crippen LogP contribution is 2.68. The van der Waals surface area contributed by atoms with Crippen molar-refractivity contribution in [1.29, 1.82) is 0 Å². The zero-order valence-corrected chi connectivity index (χ0v) is 17.9. The van der Waals surface area contributed by atoms with Crippen molar-refractivity contribution >= 4 is 0 Å². The number of aliphatic hydroxyl groups excluding tert-OH is 3. The van der Waals surface area contributed by atoms with Gasteiger partial charge >= 0.3 is 0 Å². The molecule has 0 saturated heterocycles. The van der Waals surface area contributed by atoms with Gasteiger partial charge in [0.05, 0.1) is 18.3 Å². The topological polar surface area (TPSA) is 60.7 Å². The van der Waals surface area contributed by atoms with Crippen LogP contribution in [0.3, 0.4) is 0 Å². The van der Waals surface area contributed by atoms with Crippen molar-refractivity contribution in [2.75, 3.05) is 0 Å². The van der Waals surface area contributed by atoms with Crippen molar-refractivity contribution in [1.82, 2.24) is 0 Å². The fourth-order valence-corrected chi connectivity index (χ4v) is 8.79. The zero-order chi connectivity index (χ0) is 19.6. The lowest BCUT2D eigenvalue weighted by Crippen LogP contribution is -2.62. The van der Waals surface area contributed by atoms with Crippen LogP contribution in [0.4, 0.5) is 0 Å². The van der Waals surface area contributed by atoms with Crippen LogP contribution in [0.1, 0.15) is 85.5 Å². The molecule has 7 unspecified atom stereocenters. The standard InChI is InChI=1S/C24H42O3/c1-5-6-14(2)17-7-8-18-22-19(13-21(27)24(17,18)4)23(3)10-9-16(25)11-15(23)12-20(22)26/h14-22,25-27H,5-13H2,1-4H3/t14?,15?,16-,17?,18?,19?,20?,21+,22?,23+,24-/m1/s1. The van der Waals surface area contributed by atoms with Crippen LogP contribution in [0.2, 0.25) is 0 Å². The Morgan fingerprint density at radius 2 is 1.70 bits per heavy atom. The third-order valence-corrected chi connectivity index (χ3v) is 10.3. The highest BCUT2D eigenvalue weighted by molar-refractivity contribution is 5.14. The van der Waals surface area contributed by atoms with Gasteiger partial charge in [-0.05, 0) is 91.3 Å². The second-order valence-corrected chi connectivity index (χ2v) is 11.3. The Bertz CT molecular complexity index is 550. The van der Waals surface area contributed by atoms with Gasteiger partial charge in [-0.15, -0.1) is 0 Å². The fourth-order valence-electron chi connectivity index (χ4n) is 8.79. The zero-order valence-electron chi connectivity index (χ0n) is 17.9. The molecular formula is C24H42O3. The minimum Gasteiger partial charge on any atom is -0.393 e. The quantitative estimate of drug-likeness (QED) is 0.683. The van der Waals surface area contributed by atoms with Gasteiger partial charge in [-0.2, -0.15) is 0 Å². The second-order valence-electron chi connectivity index (χ2n) is 11.3. The lowest BCUT2D eigenvalue weighted by molar-refractivity contribution is -0.207. The molecule has 0 bridgehead atoms. The fraction of sp³-hybridized carbons (Fsp3) is 1.00. The molecule has 4 rings (SSSR count). The highest BCUT2D eigenvalue weighted by atomic mass is 16.3. The van der Waals surface area contributed by atoms with Gasteiger partial charge in [0.15, 0.2) is 0 Å². The Morgan fingerprint density at radius 1 is 0.963 bits per heavy atom. The molecule has 4 fully saturated rings. The number of aliphatic hydroxyl groups is 3. The Morgan fingerprint density at radius 3 is 2.41 bits per heavy atom. The Kier molecular flexibility index (Phi) is 5.22. The SMILES string of the molecule is CCCC(C)C1CCC2C3C(O)CC4C[C@H](O)CC[C@]4(C)C3C[C@H](O)[C@]12C. The first-order valence-electron chi connectivity index (χ1n) is 11.8. The summed E-state index contributed by atoms with van der Waals surface area (Å²) in [6.45, 7) is 9.42. The molecule has 0 aromatic rings. The average Bonchev–Trinajstić information content (AvgIpc) is 2.96. The Labute approximate surface area is 165 Å². The molecule has 11 atom stereocenters. The molecule has 0 aromatic heterocycles. The lowest BCUT2D eigenvalue weighted by Gasteiger charge is -2.63. The minimum atomic E-state index is -0.254. The van der Waals surface area contributed by atoms with Gasteiger partial charge in [-0.3, -0.25) is 0 Å². The molecule has 4 aliphatic rings. The molecule has 3 N–H and O–H groups in total. The molecule has 3 heteroatoms. The van der Waals surface area contributed by atoms with Crippen molar-refractivity contribution in [2.45, 2.75) is 104 Å². The molecule has 3 nitrogen and oxygen atoms in total. The number of hydrogen-bond donors (Lipinski definition) is 3. The van der Waals surface area contributed by atoms with Crippen LogP contribution < -0.4 is 0 Å². The molecule has 156 valence electrons. The van der Waals surface area contributed by atoms with Crippen molar-refractivity contribution in [3.05, 3.63) is 0 Å². The summed E-state index contributed by atoms with van der Waals surface area (Å²) >= 11 is 0. The maximum atomic E-state index is 11.5. The summed E-state index contributed by atoms with van der Waals surface area (Å²) in [5.74, 6) is 2.86. The molecule has 0 aliphatic heterocycles. The monoisotopic (exact) mass is 378 g/mol. The highest BCUT2D eigenvalue weighted by Gasteiger charge is 2.65.